The Hall–Kier alpha value is -7.82. The lowest BCUT2D eigenvalue weighted by Crippen LogP contribution is -2.42. The fourth-order valence-corrected chi connectivity index (χ4v) is 16.4. The summed E-state index contributed by atoms with van der Waals surface area (Å²) in [5, 5.41) is 4.60. The molecule has 0 N–H and O–H groups in total. The Kier molecular flexibility index (Phi) is 9.99. The van der Waals surface area contributed by atoms with Crippen molar-refractivity contribution in [2.45, 2.75) is 143 Å². The number of para-hydroxylation sites is 4. The predicted octanol–water partition coefficient (Wildman–Crippen LogP) is 22.2. The second-order valence-electron chi connectivity index (χ2n) is 29.0. The van der Waals surface area contributed by atoms with Crippen molar-refractivity contribution >= 4 is 78.0 Å². The molecular weight excluding hydrogens is 997 g/mol. The molecule has 2 heterocycles. The summed E-state index contributed by atoms with van der Waals surface area (Å²) in [6.07, 6.45) is 0. The highest BCUT2D eigenvalue weighted by atomic mass is 16.3. The van der Waals surface area contributed by atoms with Crippen LogP contribution < -0.4 is 9.80 Å². The van der Waals surface area contributed by atoms with E-state index in [1.807, 2.05) is 0 Å². The zero-order chi connectivity index (χ0) is 57.4. The Morgan fingerprint density at radius 1 is 0.293 bits per heavy atom. The molecule has 0 amide bonds. The van der Waals surface area contributed by atoms with Gasteiger partial charge in [0.1, 0.15) is 11.2 Å². The SMILES string of the molecule is CC1(C)c2cc3c(cc2-c2c1cc(N(c1ccccc1)c1ccc4c(c1)C(C)(C)C(C)(C)C4(C)C)c1oc4ccccc4c21)C(C)(C)c1cc(N(c2ccccc2)c2ccc4c(c2)C(C)(C)C(C)(C)C4(C)C)c2oc4ccccc4c2c1-3. The maximum Gasteiger partial charge on any atom is 0.160 e. The minimum Gasteiger partial charge on any atom is -0.454 e. The van der Waals surface area contributed by atoms with Crippen LogP contribution in [0.5, 0.6) is 0 Å². The summed E-state index contributed by atoms with van der Waals surface area (Å²) in [5.74, 6) is 0. The van der Waals surface area contributed by atoms with E-state index in [4.69, 9.17) is 8.83 Å². The third-order valence-corrected chi connectivity index (χ3v) is 23.6. The lowest BCUT2D eigenvalue weighted by molar-refractivity contribution is 0.125. The molecule has 0 unspecified atom stereocenters. The average molecular weight is 1070 g/mol. The quantitative estimate of drug-likeness (QED) is 0.166. The second-order valence-corrected chi connectivity index (χ2v) is 29.0. The number of anilines is 6. The largest absolute Gasteiger partial charge is 0.454 e. The van der Waals surface area contributed by atoms with Crippen LogP contribution in [0.3, 0.4) is 0 Å². The zero-order valence-corrected chi connectivity index (χ0v) is 50.9. The minimum atomic E-state index is -0.393. The van der Waals surface area contributed by atoms with E-state index in [9.17, 15) is 0 Å². The van der Waals surface area contributed by atoms with Crippen molar-refractivity contribution in [2.75, 3.05) is 9.80 Å². The maximum absolute atomic E-state index is 7.29. The van der Waals surface area contributed by atoms with Gasteiger partial charge in [0.05, 0.1) is 11.4 Å². The highest BCUT2D eigenvalue weighted by Crippen LogP contribution is 2.66. The molecule has 410 valence electrons. The number of fused-ring (bicyclic) bond motifs is 16. The van der Waals surface area contributed by atoms with Crippen LogP contribution in [0.25, 0.3) is 66.1 Å². The van der Waals surface area contributed by atoms with E-state index in [1.165, 1.54) is 77.5 Å². The van der Waals surface area contributed by atoms with Gasteiger partial charge in [-0.15, -0.1) is 0 Å². The van der Waals surface area contributed by atoms with Gasteiger partial charge in [0.25, 0.3) is 0 Å². The lowest BCUT2D eigenvalue weighted by Gasteiger charge is -2.44. The van der Waals surface area contributed by atoms with E-state index in [2.05, 4.69) is 290 Å². The van der Waals surface area contributed by atoms with E-state index in [-0.39, 0.29) is 32.5 Å². The lowest BCUT2D eigenvalue weighted by atomic mass is 9.59. The van der Waals surface area contributed by atoms with Gasteiger partial charge in [0.2, 0.25) is 0 Å². The molecule has 4 heteroatoms. The fourth-order valence-electron chi connectivity index (χ4n) is 16.4. The Labute approximate surface area is 484 Å². The second kappa shape index (κ2) is 16.0. The first-order chi connectivity index (χ1) is 38.7. The molecule has 0 saturated carbocycles. The highest BCUT2D eigenvalue weighted by molar-refractivity contribution is 6.22. The summed E-state index contributed by atoms with van der Waals surface area (Å²) in [4.78, 5) is 4.95. The van der Waals surface area contributed by atoms with E-state index in [1.54, 1.807) is 0 Å². The van der Waals surface area contributed by atoms with Crippen LogP contribution in [0.4, 0.5) is 34.1 Å². The predicted molar refractivity (Wildman–Crippen MR) is 345 cm³/mol. The molecule has 0 fully saturated rings. The molecule has 0 radical (unpaired) electrons. The van der Waals surface area contributed by atoms with Crippen LogP contribution in [-0.4, -0.2) is 0 Å². The summed E-state index contributed by atoms with van der Waals surface area (Å²) in [6.45, 7) is 39.0. The van der Waals surface area contributed by atoms with Crippen LogP contribution in [0.2, 0.25) is 0 Å². The summed E-state index contributed by atoms with van der Waals surface area (Å²) >= 11 is 0. The van der Waals surface area contributed by atoms with E-state index < -0.39 is 10.8 Å². The summed E-state index contributed by atoms with van der Waals surface area (Å²) < 4.78 is 14.6. The Balaban J connectivity index is 0.967. The van der Waals surface area contributed by atoms with E-state index in [0.717, 1.165) is 67.2 Å². The molecule has 0 bridgehead atoms. The van der Waals surface area contributed by atoms with Crippen molar-refractivity contribution in [3.63, 3.8) is 0 Å². The molecule has 15 rings (SSSR count). The third kappa shape index (κ3) is 6.13. The van der Waals surface area contributed by atoms with Crippen LogP contribution in [0.15, 0.2) is 179 Å². The Bertz CT molecular complexity index is 4280. The normalized spacial score (nSPS) is 19.0. The molecule has 0 spiro atoms. The van der Waals surface area contributed by atoms with Gasteiger partial charge in [-0.1, -0.05) is 196 Å². The van der Waals surface area contributed by atoms with Crippen LogP contribution in [0, 0.1) is 10.8 Å². The molecule has 2 aromatic heterocycles. The number of hydrogen-bond donors (Lipinski definition) is 0. The van der Waals surface area contributed by atoms with Gasteiger partial charge in [-0.25, -0.2) is 0 Å². The van der Waals surface area contributed by atoms with Crippen LogP contribution >= 0.6 is 0 Å². The Morgan fingerprint density at radius 2 is 0.634 bits per heavy atom. The maximum atomic E-state index is 7.29. The van der Waals surface area contributed by atoms with Crippen molar-refractivity contribution in [2.24, 2.45) is 10.8 Å². The third-order valence-electron chi connectivity index (χ3n) is 23.6. The van der Waals surface area contributed by atoms with Gasteiger partial charge >= 0.3 is 0 Å². The van der Waals surface area contributed by atoms with Gasteiger partial charge in [-0.3, -0.25) is 0 Å². The molecule has 4 aliphatic carbocycles. The molecule has 11 aromatic rings. The number of benzene rings is 9. The first-order valence-electron chi connectivity index (χ1n) is 29.9. The zero-order valence-electron chi connectivity index (χ0n) is 50.9. The van der Waals surface area contributed by atoms with Gasteiger partial charge in [0.15, 0.2) is 11.2 Å². The van der Waals surface area contributed by atoms with Gasteiger partial charge in [-0.05, 0) is 184 Å². The standard InChI is InChI=1S/C78H76N2O2/c1-71(2)55-41-52-56(42-51(55)65-59(71)43-61(69-67(65)49-31-23-25-33-63(49)81-69)79(45-27-19-17-20-28-45)47-35-37-53-57(39-47)75(9,10)77(13,14)73(53,5)6)72(3,4)60-44-62(70-68(66(52)60)50-32-24-26-34-64(50)82-70)80(46-29-21-18-22-30-46)48-36-38-54-58(40-48)76(11,12)78(15,16)74(54,7)8/h17-44H,1-16H3. The molecule has 0 atom stereocenters. The number of nitrogens with zero attached hydrogens (tertiary/aromatic N) is 2. The Morgan fingerprint density at radius 3 is 1.01 bits per heavy atom. The van der Waals surface area contributed by atoms with E-state index in [0.29, 0.717) is 0 Å². The fraction of sp³-hybridized carbons (Fsp3) is 0.308. The van der Waals surface area contributed by atoms with Gasteiger partial charge in [0, 0.05) is 55.1 Å². The molecule has 0 saturated heterocycles. The van der Waals surface area contributed by atoms with Crippen LogP contribution in [-0.2, 0) is 32.5 Å². The van der Waals surface area contributed by atoms with E-state index >= 15 is 0 Å². The summed E-state index contributed by atoms with van der Waals surface area (Å²) in [6, 6.07) is 63.9. The summed E-state index contributed by atoms with van der Waals surface area (Å²) in [5.41, 5.74) is 25.3. The summed E-state index contributed by atoms with van der Waals surface area (Å²) in [7, 11) is 0. The average Bonchev–Trinajstić information content (AvgIpc) is 1.93. The van der Waals surface area contributed by atoms with Crippen molar-refractivity contribution in [3.05, 3.63) is 214 Å². The van der Waals surface area contributed by atoms with Crippen molar-refractivity contribution < 1.29 is 8.83 Å². The molecule has 9 aromatic carbocycles. The first-order valence-corrected chi connectivity index (χ1v) is 29.9. The van der Waals surface area contributed by atoms with Crippen molar-refractivity contribution in [1.29, 1.82) is 0 Å². The number of hydrogen-bond acceptors (Lipinski definition) is 4. The first kappa shape index (κ1) is 51.1. The molecule has 82 heavy (non-hydrogen) atoms. The van der Waals surface area contributed by atoms with Gasteiger partial charge < -0.3 is 18.6 Å². The van der Waals surface area contributed by atoms with Crippen LogP contribution in [0.1, 0.15) is 155 Å². The number of rotatable bonds is 6. The van der Waals surface area contributed by atoms with Gasteiger partial charge in [-0.2, -0.15) is 0 Å². The topological polar surface area (TPSA) is 32.8 Å². The number of furan rings is 2. The molecular formula is C78H76N2O2. The van der Waals surface area contributed by atoms with Crippen molar-refractivity contribution in [3.8, 4) is 22.3 Å². The smallest absolute Gasteiger partial charge is 0.160 e. The highest BCUT2D eigenvalue weighted by Gasteiger charge is 2.58. The molecule has 4 aliphatic rings. The monoisotopic (exact) mass is 1070 g/mol. The van der Waals surface area contributed by atoms with Crippen molar-refractivity contribution in [1.82, 2.24) is 0 Å². The minimum absolute atomic E-state index is 0.0104. The molecule has 4 nitrogen and oxygen atoms in total. The molecule has 0 aliphatic heterocycles.